The lowest BCUT2D eigenvalue weighted by Gasteiger charge is -2.54. The number of rotatable bonds is 5. The average molecular weight is 482 g/mol. The highest BCUT2D eigenvalue weighted by atomic mass is 19.3. The van der Waals surface area contributed by atoms with E-state index in [1.54, 1.807) is 18.2 Å². The molecule has 4 saturated carbocycles. The van der Waals surface area contributed by atoms with Crippen LogP contribution in [0.25, 0.3) is 17.0 Å². The van der Waals surface area contributed by atoms with Gasteiger partial charge in [-0.1, -0.05) is 12.1 Å². The van der Waals surface area contributed by atoms with Gasteiger partial charge in [-0.3, -0.25) is 4.57 Å². The van der Waals surface area contributed by atoms with Crippen molar-refractivity contribution in [3.05, 3.63) is 30.1 Å². The van der Waals surface area contributed by atoms with Crippen LogP contribution in [0.4, 0.5) is 20.7 Å². The highest BCUT2D eigenvalue weighted by molar-refractivity contribution is 5.77. The summed E-state index contributed by atoms with van der Waals surface area (Å²) >= 11 is 0. The van der Waals surface area contributed by atoms with Gasteiger partial charge in [-0.05, 0) is 67.9 Å². The molecule has 2 aromatic heterocycles. The van der Waals surface area contributed by atoms with Crippen molar-refractivity contribution in [2.24, 2.45) is 23.7 Å². The summed E-state index contributed by atoms with van der Waals surface area (Å²) in [7, 11) is 0. The van der Waals surface area contributed by atoms with E-state index in [1.807, 2.05) is 11.0 Å². The van der Waals surface area contributed by atoms with E-state index in [2.05, 4.69) is 15.3 Å². The third-order valence-corrected chi connectivity index (χ3v) is 8.41. The van der Waals surface area contributed by atoms with E-state index in [0.717, 1.165) is 11.8 Å². The Morgan fingerprint density at radius 1 is 0.857 bits per heavy atom. The molecule has 8 nitrogen and oxygen atoms in total. The molecular weight excluding hydrogens is 452 g/mol. The molecule has 4 aliphatic carbocycles. The number of hydrogen-bond donors (Lipinski definition) is 1. The number of anilines is 2. The summed E-state index contributed by atoms with van der Waals surface area (Å²) in [5.74, 6) is 3.75. The van der Waals surface area contributed by atoms with Gasteiger partial charge in [-0.25, -0.2) is 13.8 Å². The van der Waals surface area contributed by atoms with Gasteiger partial charge in [-0.15, -0.1) is 0 Å². The third kappa shape index (κ3) is 3.73. The Morgan fingerprint density at radius 2 is 1.54 bits per heavy atom. The highest BCUT2D eigenvalue weighted by Gasteiger charge is 2.48. The van der Waals surface area contributed by atoms with Crippen molar-refractivity contribution < 1.29 is 13.5 Å². The molecule has 3 aromatic rings. The molecule has 5 aliphatic rings. The minimum atomic E-state index is -2.76. The number of para-hydroxylation sites is 2. The van der Waals surface area contributed by atoms with Crippen molar-refractivity contribution >= 4 is 22.9 Å². The first-order valence-electron chi connectivity index (χ1n) is 12.7. The number of morpholine rings is 1. The molecule has 1 saturated heterocycles. The number of halogens is 2. The third-order valence-electron chi connectivity index (χ3n) is 8.41. The van der Waals surface area contributed by atoms with Crippen molar-refractivity contribution in [2.45, 2.75) is 44.6 Å². The predicted octanol–water partition coefficient (Wildman–Crippen LogP) is 4.22. The van der Waals surface area contributed by atoms with Crippen molar-refractivity contribution in [1.82, 2.24) is 24.5 Å². The van der Waals surface area contributed by atoms with Gasteiger partial charge >= 0.3 is 0 Å². The van der Waals surface area contributed by atoms with Crippen LogP contribution in [0.1, 0.15) is 44.4 Å². The number of fused-ring (bicyclic) bond motifs is 1. The molecule has 0 unspecified atom stereocenters. The second-order valence-corrected chi connectivity index (χ2v) is 10.6. The number of nitrogens with one attached hydrogen (secondary N) is 1. The first-order valence-corrected chi connectivity index (χ1v) is 12.7. The Bertz CT molecular complexity index is 1210. The summed E-state index contributed by atoms with van der Waals surface area (Å²) in [6.45, 7) is 2.45. The molecular formula is C25H29F2N7O. The molecule has 8 rings (SSSR count). The SMILES string of the molecule is FC(F)c1nc2ccccc2n1-c1nc(NC2C3CC4CC(C3)CC2C4)nc(N2CCOCC2)n1. The van der Waals surface area contributed by atoms with Gasteiger partial charge in [0.25, 0.3) is 6.43 Å². The van der Waals surface area contributed by atoms with E-state index >= 15 is 0 Å². The second kappa shape index (κ2) is 8.36. The molecule has 0 amide bonds. The molecule has 5 fully saturated rings. The summed E-state index contributed by atoms with van der Waals surface area (Å²) in [6, 6.07) is 7.44. The average Bonchev–Trinajstić information content (AvgIpc) is 3.26. The van der Waals surface area contributed by atoms with Crippen LogP contribution in [0.15, 0.2) is 24.3 Å². The van der Waals surface area contributed by atoms with Crippen molar-refractivity contribution in [2.75, 3.05) is 36.5 Å². The van der Waals surface area contributed by atoms with Gasteiger partial charge in [-0.2, -0.15) is 15.0 Å². The number of imidazole rings is 1. The van der Waals surface area contributed by atoms with Crippen LogP contribution in [-0.2, 0) is 4.74 Å². The normalized spacial score (nSPS) is 29.9. The van der Waals surface area contributed by atoms with Crippen LogP contribution in [0, 0.1) is 23.7 Å². The van der Waals surface area contributed by atoms with E-state index in [9.17, 15) is 8.78 Å². The molecule has 35 heavy (non-hydrogen) atoms. The maximum Gasteiger partial charge on any atom is 0.296 e. The monoisotopic (exact) mass is 481 g/mol. The summed E-state index contributed by atoms with van der Waals surface area (Å²) in [5, 5.41) is 3.66. The van der Waals surface area contributed by atoms with Gasteiger partial charge in [0.05, 0.1) is 24.2 Å². The van der Waals surface area contributed by atoms with Crippen LogP contribution >= 0.6 is 0 Å². The Balaban J connectivity index is 1.32. The number of ether oxygens (including phenoxy) is 1. The van der Waals surface area contributed by atoms with Crippen LogP contribution in [0.5, 0.6) is 0 Å². The molecule has 1 aliphatic heterocycles. The van der Waals surface area contributed by atoms with E-state index < -0.39 is 6.43 Å². The standard InChI is InChI=1S/C25H29F2N7O/c26-21(27)22-28-18-3-1-2-4-19(18)34(22)25-31-23(30-24(32-25)33-5-7-35-8-6-33)29-20-16-10-14-9-15(12-16)13-17(20)11-14/h1-4,14-17,20-21H,5-13H2,(H,29,30,31,32). The van der Waals surface area contributed by atoms with Gasteiger partial charge < -0.3 is 15.0 Å². The van der Waals surface area contributed by atoms with Gasteiger partial charge in [0.1, 0.15) is 0 Å². The topological polar surface area (TPSA) is 81.0 Å². The van der Waals surface area contributed by atoms with Crippen LogP contribution in [0.3, 0.4) is 0 Å². The molecule has 0 atom stereocenters. The number of aromatic nitrogens is 5. The zero-order valence-corrected chi connectivity index (χ0v) is 19.5. The first-order chi connectivity index (χ1) is 17.1. The first kappa shape index (κ1) is 21.4. The molecule has 4 bridgehead atoms. The molecule has 1 aromatic carbocycles. The van der Waals surface area contributed by atoms with E-state index in [-0.39, 0.29) is 11.8 Å². The Hall–Kier alpha value is -2.88. The highest BCUT2D eigenvalue weighted by Crippen LogP contribution is 2.54. The molecule has 3 heterocycles. The largest absolute Gasteiger partial charge is 0.378 e. The van der Waals surface area contributed by atoms with E-state index in [0.29, 0.717) is 67.1 Å². The molecule has 0 radical (unpaired) electrons. The van der Waals surface area contributed by atoms with Gasteiger partial charge in [0, 0.05) is 19.1 Å². The zero-order valence-electron chi connectivity index (χ0n) is 19.5. The summed E-state index contributed by atoms with van der Waals surface area (Å²) in [6.07, 6.45) is 3.69. The van der Waals surface area contributed by atoms with Crippen molar-refractivity contribution in [3.63, 3.8) is 0 Å². The predicted molar refractivity (Wildman–Crippen MR) is 127 cm³/mol. The number of nitrogens with zero attached hydrogens (tertiary/aromatic N) is 6. The lowest BCUT2D eigenvalue weighted by molar-refractivity contribution is 0.00728. The fourth-order valence-electron chi connectivity index (χ4n) is 7.13. The minimum absolute atomic E-state index is 0.178. The van der Waals surface area contributed by atoms with Crippen molar-refractivity contribution in [1.29, 1.82) is 0 Å². The van der Waals surface area contributed by atoms with E-state index in [1.165, 1.54) is 36.7 Å². The van der Waals surface area contributed by atoms with E-state index in [4.69, 9.17) is 14.7 Å². The second-order valence-electron chi connectivity index (χ2n) is 10.6. The fraction of sp³-hybridized carbons (Fsp3) is 0.600. The number of benzene rings is 1. The molecule has 0 spiro atoms. The minimum Gasteiger partial charge on any atom is -0.378 e. The smallest absolute Gasteiger partial charge is 0.296 e. The lowest BCUT2D eigenvalue weighted by atomic mass is 9.54. The molecule has 184 valence electrons. The molecule has 10 heteroatoms. The molecule has 1 N–H and O–H groups in total. The van der Waals surface area contributed by atoms with Crippen LogP contribution in [-0.4, -0.2) is 56.8 Å². The van der Waals surface area contributed by atoms with Crippen molar-refractivity contribution in [3.8, 4) is 5.95 Å². The quantitative estimate of drug-likeness (QED) is 0.584. The summed E-state index contributed by atoms with van der Waals surface area (Å²) in [4.78, 5) is 20.4. The lowest BCUT2D eigenvalue weighted by Crippen LogP contribution is -2.51. The maximum atomic E-state index is 14.1. The van der Waals surface area contributed by atoms with Gasteiger partial charge in [0.15, 0.2) is 5.82 Å². The summed E-state index contributed by atoms with van der Waals surface area (Å²) < 4.78 is 35.0. The Kier molecular flexibility index (Phi) is 5.11. The Labute approximate surface area is 202 Å². The number of alkyl halides is 2. The number of hydrogen-bond acceptors (Lipinski definition) is 7. The van der Waals surface area contributed by atoms with Crippen LogP contribution < -0.4 is 10.2 Å². The summed E-state index contributed by atoms with van der Waals surface area (Å²) in [5.41, 5.74) is 1.05. The van der Waals surface area contributed by atoms with Gasteiger partial charge in [0.2, 0.25) is 17.8 Å². The Morgan fingerprint density at radius 3 is 2.26 bits per heavy atom. The van der Waals surface area contributed by atoms with Crippen LogP contribution in [0.2, 0.25) is 0 Å². The fourth-order valence-corrected chi connectivity index (χ4v) is 7.13. The maximum absolute atomic E-state index is 14.1. The zero-order chi connectivity index (χ0) is 23.5.